The molecule has 3 aromatic rings. The van der Waals surface area contributed by atoms with Crippen molar-refractivity contribution in [3.05, 3.63) is 57.7 Å². The second-order valence-corrected chi connectivity index (χ2v) is 5.51. The van der Waals surface area contributed by atoms with Gasteiger partial charge in [-0.05, 0) is 35.4 Å². The smallest absolute Gasteiger partial charge is 0.195 e. The summed E-state index contributed by atoms with van der Waals surface area (Å²) in [5.74, 6) is -2.67. The Labute approximate surface area is 121 Å². The first kappa shape index (κ1) is 13.3. The van der Waals surface area contributed by atoms with E-state index in [1.165, 1.54) is 36.4 Å². The third-order valence-electron chi connectivity index (χ3n) is 3.14. The van der Waals surface area contributed by atoms with Gasteiger partial charge in [-0.3, -0.25) is 4.79 Å². The van der Waals surface area contributed by atoms with E-state index in [9.17, 15) is 24.6 Å². The Morgan fingerprint density at radius 1 is 0.810 bits per heavy atom. The van der Waals surface area contributed by atoms with Crippen molar-refractivity contribution >= 4 is 43.4 Å². The average molecular weight is 298 g/mol. The van der Waals surface area contributed by atoms with Gasteiger partial charge in [0.05, 0.1) is 11.9 Å². The number of carboxylic acid groups (broad SMARTS) is 2. The van der Waals surface area contributed by atoms with Gasteiger partial charge < -0.3 is 19.8 Å². The molecule has 0 aliphatic carbocycles. The van der Waals surface area contributed by atoms with Gasteiger partial charge in [-0.2, -0.15) is 0 Å². The summed E-state index contributed by atoms with van der Waals surface area (Å²) in [7, 11) is 0. The largest absolute Gasteiger partial charge is 0.545 e. The van der Waals surface area contributed by atoms with Crippen LogP contribution < -0.4 is 15.6 Å². The van der Waals surface area contributed by atoms with Crippen LogP contribution in [-0.4, -0.2) is 11.9 Å². The summed E-state index contributed by atoms with van der Waals surface area (Å²) in [6.45, 7) is 0. The van der Waals surface area contributed by atoms with Crippen molar-refractivity contribution in [3.8, 4) is 0 Å². The van der Waals surface area contributed by atoms with Crippen molar-refractivity contribution in [1.29, 1.82) is 0 Å². The number of rotatable bonds is 2. The zero-order valence-electron chi connectivity index (χ0n) is 10.4. The molecule has 0 saturated carbocycles. The van der Waals surface area contributed by atoms with Crippen molar-refractivity contribution in [2.24, 2.45) is 0 Å². The minimum Gasteiger partial charge on any atom is -0.545 e. The van der Waals surface area contributed by atoms with Crippen LogP contribution in [0.1, 0.15) is 20.7 Å². The Bertz CT molecular complexity index is 896. The quantitative estimate of drug-likeness (QED) is 0.627. The highest BCUT2D eigenvalue weighted by Crippen LogP contribution is 2.26. The van der Waals surface area contributed by atoms with E-state index < -0.39 is 11.9 Å². The lowest BCUT2D eigenvalue weighted by Crippen LogP contribution is -2.22. The average Bonchev–Trinajstić information content (AvgIpc) is 2.46. The van der Waals surface area contributed by atoms with Gasteiger partial charge in [0.1, 0.15) is 0 Å². The molecule has 0 amide bonds. The van der Waals surface area contributed by atoms with Gasteiger partial charge in [-0.25, -0.2) is 0 Å². The van der Waals surface area contributed by atoms with Gasteiger partial charge in [0.25, 0.3) is 0 Å². The number of aromatic carboxylic acids is 2. The lowest BCUT2D eigenvalue weighted by molar-refractivity contribution is -0.256. The standard InChI is InChI=1S/C15H8O5S/c16-13-9-3-1-7(14(17)18)5-11(9)21-12-6-8(15(19)20)2-4-10(12)13/h1-6H,(H,17,18)(H,19,20)/p-2. The molecule has 0 aliphatic rings. The van der Waals surface area contributed by atoms with Gasteiger partial charge >= 0.3 is 0 Å². The van der Waals surface area contributed by atoms with Crippen LogP contribution in [0, 0.1) is 0 Å². The Morgan fingerprint density at radius 3 is 1.62 bits per heavy atom. The molecule has 0 bridgehead atoms. The maximum absolute atomic E-state index is 12.3. The number of carboxylic acids is 2. The van der Waals surface area contributed by atoms with E-state index in [-0.39, 0.29) is 16.6 Å². The topological polar surface area (TPSA) is 97.3 Å². The number of hydrogen-bond acceptors (Lipinski definition) is 6. The third kappa shape index (κ3) is 2.15. The van der Waals surface area contributed by atoms with E-state index in [0.29, 0.717) is 20.2 Å². The van der Waals surface area contributed by atoms with Crippen LogP contribution in [0.4, 0.5) is 0 Å². The molecule has 2 aromatic carbocycles. The summed E-state index contributed by atoms with van der Waals surface area (Å²) < 4.78 is 0.925. The minimum absolute atomic E-state index is 0.0337. The van der Waals surface area contributed by atoms with Crippen LogP contribution >= 0.6 is 11.3 Å². The van der Waals surface area contributed by atoms with Crippen molar-refractivity contribution < 1.29 is 19.8 Å². The highest BCUT2D eigenvalue weighted by molar-refractivity contribution is 7.24. The zero-order chi connectivity index (χ0) is 15.1. The predicted octanol–water partition coefficient (Wildman–Crippen LogP) is 0.142. The third-order valence-corrected chi connectivity index (χ3v) is 4.26. The Hall–Kier alpha value is -2.73. The molecule has 0 radical (unpaired) electrons. The van der Waals surface area contributed by atoms with Crippen LogP contribution in [0.15, 0.2) is 41.2 Å². The summed E-state index contributed by atoms with van der Waals surface area (Å²) in [5.41, 5.74) is -0.337. The highest BCUT2D eigenvalue weighted by atomic mass is 32.1. The number of benzene rings is 2. The number of carbonyl (C=O) groups is 2. The second-order valence-electron chi connectivity index (χ2n) is 4.43. The van der Waals surface area contributed by atoms with Crippen LogP contribution in [0.25, 0.3) is 20.2 Å². The maximum atomic E-state index is 12.3. The van der Waals surface area contributed by atoms with Gasteiger partial charge in [0.15, 0.2) is 5.43 Å². The predicted molar refractivity (Wildman–Crippen MR) is 74.3 cm³/mol. The lowest BCUT2D eigenvalue weighted by atomic mass is 10.1. The summed E-state index contributed by atoms with van der Waals surface area (Å²) >= 11 is 1.15. The van der Waals surface area contributed by atoms with Crippen LogP contribution in [0.5, 0.6) is 0 Å². The molecule has 1 heterocycles. The number of hydrogen-bond donors (Lipinski definition) is 0. The van der Waals surface area contributed by atoms with Gasteiger partial charge in [0.2, 0.25) is 0 Å². The van der Waals surface area contributed by atoms with Crippen molar-refractivity contribution in [3.63, 3.8) is 0 Å². The van der Waals surface area contributed by atoms with Crippen LogP contribution in [-0.2, 0) is 0 Å². The molecule has 6 heteroatoms. The Balaban J connectivity index is 2.40. The van der Waals surface area contributed by atoms with E-state index >= 15 is 0 Å². The molecular formula is C15H6O5S-2. The van der Waals surface area contributed by atoms with Crippen molar-refractivity contribution in [1.82, 2.24) is 0 Å². The first-order valence-electron chi connectivity index (χ1n) is 5.90. The number of fused-ring (bicyclic) bond motifs is 2. The van der Waals surface area contributed by atoms with E-state index in [4.69, 9.17) is 0 Å². The van der Waals surface area contributed by atoms with Gasteiger partial charge in [0, 0.05) is 20.2 Å². The minimum atomic E-state index is -1.33. The molecule has 0 fully saturated rings. The molecule has 0 spiro atoms. The molecule has 0 atom stereocenters. The molecule has 0 saturated heterocycles. The summed E-state index contributed by atoms with van der Waals surface area (Å²) in [6, 6.07) is 8.20. The summed E-state index contributed by atoms with van der Waals surface area (Å²) in [4.78, 5) is 34.1. The first-order valence-corrected chi connectivity index (χ1v) is 6.72. The van der Waals surface area contributed by atoms with E-state index in [1.54, 1.807) is 0 Å². The molecule has 104 valence electrons. The first-order chi connectivity index (χ1) is 9.97. The van der Waals surface area contributed by atoms with Gasteiger partial charge in [-0.1, -0.05) is 12.1 Å². The number of carbonyl (C=O) groups excluding carboxylic acids is 2. The molecule has 0 aliphatic heterocycles. The van der Waals surface area contributed by atoms with Crippen LogP contribution in [0.2, 0.25) is 0 Å². The SMILES string of the molecule is O=C([O-])c1ccc2c(=O)c3ccc(C(=O)[O-])cc3sc2c1. The fraction of sp³-hybridized carbons (Fsp3) is 0. The van der Waals surface area contributed by atoms with E-state index in [0.717, 1.165) is 11.3 Å². The van der Waals surface area contributed by atoms with Crippen LogP contribution in [0.3, 0.4) is 0 Å². The molecule has 5 nitrogen and oxygen atoms in total. The van der Waals surface area contributed by atoms with E-state index in [2.05, 4.69) is 0 Å². The molecule has 0 N–H and O–H groups in total. The van der Waals surface area contributed by atoms with Crippen molar-refractivity contribution in [2.75, 3.05) is 0 Å². The second kappa shape index (κ2) is 4.68. The van der Waals surface area contributed by atoms with E-state index in [1.807, 2.05) is 0 Å². The zero-order valence-corrected chi connectivity index (χ0v) is 11.2. The van der Waals surface area contributed by atoms with Gasteiger partial charge in [-0.15, -0.1) is 11.3 Å². The summed E-state index contributed by atoms with van der Waals surface area (Å²) in [6.07, 6.45) is 0. The summed E-state index contributed by atoms with van der Waals surface area (Å²) in [5, 5.41) is 22.5. The monoisotopic (exact) mass is 298 g/mol. The molecule has 3 rings (SSSR count). The Kier molecular flexibility index (Phi) is 2.95. The highest BCUT2D eigenvalue weighted by Gasteiger charge is 2.08. The molecule has 1 aromatic heterocycles. The maximum Gasteiger partial charge on any atom is 0.195 e. The fourth-order valence-electron chi connectivity index (χ4n) is 2.11. The molecular weight excluding hydrogens is 292 g/mol. The normalized spacial score (nSPS) is 10.9. The fourth-order valence-corrected chi connectivity index (χ4v) is 3.26. The lowest BCUT2D eigenvalue weighted by Gasteiger charge is -2.07. The van der Waals surface area contributed by atoms with Crippen molar-refractivity contribution in [2.45, 2.75) is 0 Å². The molecule has 21 heavy (non-hydrogen) atoms. The Morgan fingerprint density at radius 2 is 1.24 bits per heavy atom. The molecule has 0 unspecified atom stereocenters.